The van der Waals surface area contributed by atoms with E-state index in [1.165, 1.54) is 4.90 Å². The molecule has 8 nitrogen and oxygen atoms in total. The van der Waals surface area contributed by atoms with Crippen LogP contribution in [0.15, 0.2) is 59.7 Å². The number of benzene rings is 3. The third kappa shape index (κ3) is 6.30. The van der Waals surface area contributed by atoms with Crippen molar-refractivity contribution in [2.75, 3.05) is 37.1 Å². The predicted octanol–water partition coefficient (Wildman–Crippen LogP) is 5.83. The molecular weight excluding hydrogens is 560 g/mol. The molecule has 9 heteroatoms. The van der Waals surface area contributed by atoms with Gasteiger partial charge in [0.1, 0.15) is 10.9 Å². The molecule has 1 N–H and O–H groups in total. The van der Waals surface area contributed by atoms with Crippen molar-refractivity contribution in [2.45, 2.75) is 37.9 Å². The summed E-state index contributed by atoms with van der Waals surface area (Å²) in [6.07, 6.45) is 3.39. The van der Waals surface area contributed by atoms with Gasteiger partial charge in [-0.1, -0.05) is 53.5 Å². The van der Waals surface area contributed by atoms with Crippen LogP contribution in [0.5, 0.6) is 0 Å². The maximum absolute atomic E-state index is 13.1. The van der Waals surface area contributed by atoms with Crippen LogP contribution in [0.1, 0.15) is 59.9 Å². The van der Waals surface area contributed by atoms with Crippen LogP contribution in [0.4, 0.5) is 11.4 Å². The maximum atomic E-state index is 13.1. The van der Waals surface area contributed by atoms with E-state index in [0.29, 0.717) is 41.9 Å². The van der Waals surface area contributed by atoms with E-state index in [0.717, 1.165) is 29.5 Å². The zero-order valence-electron chi connectivity index (χ0n) is 22.7. The van der Waals surface area contributed by atoms with Gasteiger partial charge in [-0.3, -0.25) is 24.7 Å². The molecule has 3 aromatic rings. The Kier molecular flexibility index (Phi) is 8.70. The van der Waals surface area contributed by atoms with E-state index in [1.807, 2.05) is 61.3 Å². The zero-order chi connectivity index (χ0) is 28.2. The summed E-state index contributed by atoms with van der Waals surface area (Å²) in [7, 11) is 1.94. The molecule has 4 rings (SSSR count). The van der Waals surface area contributed by atoms with Crippen molar-refractivity contribution in [3.63, 3.8) is 0 Å². The fourth-order valence-corrected chi connectivity index (χ4v) is 4.44. The number of ether oxygens (including phenoxy) is 1. The number of carbonyl (C=O) groups excluding carboxylic acids is 3. The van der Waals surface area contributed by atoms with E-state index in [2.05, 4.69) is 26.5 Å². The number of likely N-dealkylation sites (N-methyl/N-ethyl adjacent to an activating group) is 1. The van der Waals surface area contributed by atoms with Crippen molar-refractivity contribution < 1.29 is 19.1 Å². The van der Waals surface area contributed by atoms with Crippen LogP contribution >= 0.6 is 15.9 Å². The fourth-order valence-electron chi connectivity index (χ4n) is 4.33. The monoisotopic (exact) mass is 592 g/mol. The number of nitrogens with one attached hydrogen (secondary N) is 1. The number of unbranched alkanes of at least 4 members (excludes halogenated alkanes) is 1. The van der Waals surface area contributed by atoms with Crippen LogP contribution in [0.25, 0.3) is 10.8 Å². The molecule has 1 heterocycles. The van der Waals surface area contributed by atoms with Crippen molar-refractivity contribution in [1.82, 2.24) is 4.90 Å². The van der Waals surface area contributed by atoms with Gasteiger partial charge >= 0.3 is 5.97 Å². The van der Waals surface area contributed by atoms with Crippen molar-refractivity contribution in [1.29, 1.82) is 0 Å². The fraction of sp³-hybridized carbons (Fsp3) is 0.333. The molecule has 0 atom stereocenters. The summed E-state index contributed by atoms with van der Waals surface area (Å²) in [4.78, 5) is 41.4. The molecule has 1 aliphatic heterocycles. The van der Waals surface area contributed by atoms with Crippen molar-refractivity contribution in [3.8, 4) is 0 Å². The molecule has 0 aliphatic carbocycles. The minimum absolute atomic E-state index is 0.248. The summed E-state index contributed by atoms with van der Waals surface area (Å²) >= 11 is 3.30. The van der Waals surface area contributed by atoms with Gasteiger partial charge in [0.2, 0.25) is 0 Å². The Balaban J connectivity index is 1.42. The molecule has 0 aromatic heterocycles. The normalized spacial score (nSPS) is 13.3. The number of anilines is 2. The Bertz CT molecular complexity index is 1390. The molecule has 204 valence electrons. The first-order chi connectivity index (χ1) is 18.6. The minimum atomic E-state index is -0.697. The van der Waals surface area contributed by atoms with Gasteiger partial charge in [-0.05, 0) is 56.2 Å². The zero-order valence-corrected chi connectivity index (χ0v) is 24.2. The number of imide groups is 1. The number of alkyl halides is 1. The van der Waals surface area contributed by atoms with Gasteiger partial charge < -0.3 is 9.64 Å². The minimum Gasteiger partial charge on any atom is -0.463 e. The van der Waals surface area contributed by atoms with Crippen LogP contribution < -0.4 is 10.3 Å². The van der Waals surface area contributed by atoms with Gasteiger partial charge in [-0.2, -0.15) is 5.10 Å². The lowest BCUT2D eigenvalue weighted by molar-refractivity contribution is -0.145. The Hall–Kier alpha value is -3.72. The van der Waals surface area contributed by atoms with Crippen molar-refractivity contribution >= 4 is 62.1 Å². The third-order valence-corrected chi connectivity index (χ3v) is 6.93. The first kappa shape index (κ1) is 28.3. The van der Waals surface area contributed by atoms with Gasteiger partial charge in [0.25, 0.3) is 11.8 Å². The molecule has 0 fully saturated rings. The van der Waals surface area contributed by atoms with Gasteiger partial charge in [-0.25, -0.2) is 0 Å². The molecule has 0 bridgehead atoms. The van der Waals surface area contributed by atoms with E-state index in [9.17, 15) is 14.4 Å². The number of halogens is 1. The predicted molar refractivity (Wildman–Crippen MR) is 159 cm³/mol. The summed E-state index contributed by atoms with van der Waals surface area (Å²) in [5.41, 5.74) is 6.74. The Morgan fingerprint density at radius 3 is 2.44 bits per heavy atom. The highest BCUT2D eigenvalue weighted by Crippen LogP contribution is 2.34. The second kappa shape index (κ2) is 12.0. The SMILES string of the molecule is CCCCN1C(=O)c2cccc3c(N/N=C/c4ccc(N(C)CCOC(=O)C(C)(C)Br)cc4)ccc(c23)C1=O. The maximum Gasteiger partial charge on any atom is 0.322 e. The molecule has 0 spiro atoms. The van der Waals surface area contributed by atoms with E-state index in [1.54, 1.807) is 32.2 Å². The van der Waals surface area contributed by atoms with Gasteiger partial charge in [0.05, 0.1) is 18.4 Å². The molecular formula is C30H33BrN4O4. The summed E-state index contributed by atoms with van der Waals surface area (Å²) in [5, 5.41) is 5.84. The van der Waals surface area contributed by atoms with Gasteiger partial charge in [-0.15, -0.1) is 0 Å². The number of nitrogens with zero attached hydrogens (tertiary/aromatic N) is 3. The quantitative estimate of drug-likeness (QED) is 0.0989. The average molecular weight is 594 g/mol. The highest BCUT2D eigenvalue weighted by atomic mass is 79.9. The third-order valence-electron chi connectivity index (χ3n) is 6.60. The molecule has 0 unspecified atom stereocenters. The van der Waals surface area contributed by atoms with E-state index in [4.69, 9.17) is 4.74 Å². The smallest absolute Gasteiger partial charge is 0.322 e. The number of hydrazone groups is 1. The number of hydrogen-bond donors (Lipinski definition) is 1. The first-order valence-electron chi connectivity index (χ1n) is 13.0. The van der Waals surface area contributed by atoms with E-state index < -0.39 is 4.32 Å². The number of rotatable bonds is 11. The van der Waals surface area contributed by atoms with Crippen LogP contribution in [0, 0.1) is 0 Å². The Labute approximate surface area is 237 Å². The summed E-state index contributed by atoms with van der Waals surface area (Å²) in [6.45, 7) is 6.82. The topological polar surface area (TPSA) is 91.3 Å². The molecule has 0 saturated heterocycles. The van der Waals surface area contributed by atoms with Crippen molar-refractivity contribution in [3.05, 3.63) is 71.3 Å². The van der Waals surface area contributed by atoms with Gasteiger partial charge in [0, 0.05) is 41.2 Å². The lowest BCUT2D eigenvalue weighted by atomic mass is 9.93. The molecule has 39 heavy (non-hydrogen) atoms. The summed E-state index contributed by atoms with van der Waals surface area (Å²) in [5.74, 6) is -0.789. The second-order valence-corrected chi connectivity index (χ2v) is 12.0. The van der Waals surface area contributed by atoms with Crippen molar-refractivity contribution in [2.24, 2.45) is 5.10 Å². The van der Waals surface area contributed by atoms with Crippen LogP contribution in [-0.4, -0.2) is 60.0 Å². The largest absolute Gasteiger partial charge is 0.463 e. The highest BCUT2D eigenvalue weighted by Gasteiger charge is 2.32. The number of carbonyl (C=O) groups is 3. The second-order valence-electron chi connectivity index (χ2n) is 10.00. The highest BCUT2D eigenvalue weighted by molar-refractivity contribution is 9.10. The van der Waals surface area contributed by atoms with Crippen LogP contribution in [-0.2, 0) is 9.53 Å². The molecule has 2 amide bonds. The van der Waals surface area contributed by atoms with Crippen LogP contribution in [0.3, 0.4) is 0 Å². The molecule has 0 radical (unpaired) electrons. The number of esters is 1. The number of amides is 2. The van der Waals surface area contributed by atoms with Crippen LogP contribution in [0.2, 0.25) is 0 Å². The summed E-state index contributed by atoms with van der Waals surface area (Å²) < 4.78 is 4.61. The standard InChI is InChI=1S/C30H33BrN4O4/c1-5-6-16-35-27(36)23-9-7-8-22-25(15-14-24(26(22)23)28(35)37)33-32-19-20-10-12-21(13-11-20)34(4)17-18-39-29(38)30(2,3)31/h7-15,19,33H,5-6,16-18H2,1-4H3/b32-19+. The first-order valence-corrected chi connectivity index (χ1v) is 13.8. The molecule has 1 aliphatic rings. The molecule has 3 aromatic carbocycles. The van der Waals surface area contributed by atoms with E-state index >= 15 is 0 Å². The van der Waals surface area contributed by atoms with E-state index in [-0.39, 0.29) is 17.8 Å². The summed E-state index contributed by atoms with van der Waals surface area (Å²) in [6, 6.07) is 16.9. The Morgan fingerprint density at radius 1 is 1.08 bits per heavy atom. The Morgan fingerprint density at radius 2 is 1.77 bits per heavy atom. The average Bonchev–Trinajstić information content (AvgIpc) is 2.91. The van der Waals surface area contributed by atoms with Gasteiger partial charge in [0.15, 0.2) is 0 Å². The number of hydrogen-bond acceptors (Lipinski definition) is 7. The lowest BCUT2D eigenvalue weighted by Crippen LogP contribution is -2.40. The molecule has 0 saturated carbocycles. The lowest BCUT2D eigenvalue weighted by Gasteiger charge is -2.27.